The molecule has 0 unspecified atom stereocenters. The largest absolute Gasteiger partial charge is 0.480 e. The third kappa shape index (κ3) is 3.21. The fourth-order valence-electron chi connectivity index (χ4n) is 1.06. The predicted molar refractivity (Wildman–Crippen MR) is 55.3 cm³/mol. The van der Waals surface area contributed by atoms with Gasteiger partial charge in [-0.2, -0.15) is 5.10 Å². The van der Waals surface area contributed by atoms with Gasteiger partial charge in [-0.1, -0.05) is 12.2 Å². The first-order valence-corrected chi connectivity index (χ1v) is 4.69. The Morgan fingerprint density at radius 1 is 1.73 bits per heavy atom. The summed E-state index contributed by atoms with van der Waals surface area (Å²) in [6.07, 6.45) is 7.45. The van der Waals surface area contributed by atoms with Gasteiger partial charge in [0.25, 0.3) is 0 Å². The molecule has 5 nitrogen and oxygen atoms in total. The van der Waals surface area contributed by atoms with Crippen LogP contribution in [0.2, 0.25) is 0 Å². The van der Waals surface area contributed by atoms with Crippen LogP contribution in [-0.4, -0.2) is 32.6 Å². The van der Waals surface area contributed by atoms with E-state index in [2.05, 4.69) is 5.10 Å². The molecule has 0 aromatic carbocycles. The van der Waals surface area contributed by atoms with Crippen molar-refractivity contribution in [3.05, 3.63) is 24.0 Å². The topological polar surface area (TPSA) is 75.3 Å². The van der Waals surface area contributed by atoms with Crippen LogP contribution >= 0.6 is 0 Å². The lowest BCUT2D eigenvalue weighted by Gasteiger charge is -2.04. The number of rotatable bonds is 5. The SMILES string of the molecule is C[C@@H](C(=O)O)n1cc(C=CCCO)cn1. The molecular formula is C10H14N2O3. The number of hydrogen-bond donors (Lipinski definition) is 2. The van der Waals surface area contributed by atoms with Crippen LogP contribution < -0.4 is 0 Å². The van der Waals surface area contributed by atoms with E-state index in [1.54, 1.807) is 25.4 Å². The summed E-state index contributed by atoms with van der Waals surface area (Å²) in [5.74, 6) is -0.913. The fraction of sp³-hybridized carbons (Fsp3) is 0.400. The molecule has 0 aliphatic heterocycles. The van der Waals surface area contributed by atoms with E-state index in [0.717, 1.165) is 5.56 Å². The molecular weight excluding hydrogens is 196 g/mol. The molecule has 0 radical (unpaired) electrons. The molecule has 1 rings (SSSR count). The molecule has 0 fully saturated rings. The smallest absolute Gasteiger partial charge is 0.328 e. The van der Waals surface area contributed by atoms with Crippen LogP contribution in [-0.2, 0) is 4.79 Å². The van der Waals surface area contributed by atoms with Gasteiger partial charge in [-0.3, -0.25) is 4.68 Å². The minimum absolute atomic E-state index is 0.107. The molecule has 0 saturated heterocycles. The van der Waals surface area contributed by atoms with Gasteiger partial charge in [-0.15, -0.1) is 0 Å². The molecule has 2 N–H and O–H groups in total. The molecule has 0 bridgehead atoms. The van der Waals surface area contributed by atoms with E-state index in [1.807, 2.05) is 6.08 Å². The van der Waals surface area contributed by atoms with Gasteiger partial charge in [0.05, 0.1) is 6.20 Å². The number of hydrogen-bond acceptors (Lipinski definition) is 3. The van der Waals surface area contributed by atoms with Crippen molar-refractivity contribution in [1.29, 1.82) is 0 Å². The lowest BCUT2D eigenvalue weighted by Crippen LogP contribution is -2.15. The van der Waals surface area contributed by atoms with Crippen LogP contribution in [0.1, 0.15) is 24.9 Å². The van der Waals surface area contributed by atoms with E-state index < -0.39 is 12.0 Å². The van der Waals surface area contributed by atoms with Crippen LogP contribution in [0.5, 0.6) is 0 Å². The second kappa shape index (κ2) is 5.31. The monoisotopic (exact) mass is 210 g/mol. The number of aliphatic hydroxyl groups is 1. The molecule has 0 spiro atoms. The summed E-state index contributed by atoms with van der Waals surface area (Å²) >= 11 is 0. The lowest BCUT2D eigenvalue weighted by molar-refractivity contribution is -0.140. The summed E-state index contributed by atoms with van der Waals surface area (Å²) in [5, 5.41) is 21.2. The predicted octanol–water partition coefficient (Wildman–Crippen LogP) is 0.924. The van der Waals surface area contributed by atoms with E-state index in [-0.39, 0.29) is 6.61 Å². The molecule has 82 valence electrons. The van der Waals surface area contributed by atoms with Gasteiger partial charge in [0.15, 0.2) is 0 Å². The highest BCUT2D eigenvalue weighted by molar-refractivity contribution is 5.71. The second-order valence-electron chi connectivity index (χ2n) is 3.18. The van der Waals surface area contributed by atoms with Crippen molar-refractivity contribution in [1.82, 2.24) is 9.78 Å². The summed E-state index contributed by atoms with van der Waals surface area (Å²) in [4.78, 5) is 10.7. The van der Waals surface area contributed by atoms with Crippen LogP contribution in [0.4, 0.5) is 0 Å². The maximum Gasteiger partial charge on any atom is 0.328 e. The third-order valence-electron chi connectivity index (χ3n) is 1.98. The van der Waals surface area contributed by atoms with Gasteiger partial charge in [0.2, 0.25) is 0 Å². The Labute approximate surface area is 87.7 Å². The average Bonchev–Trinajstić information content (AvgIpc) is 2.65. The zero-order valence-corrected chi connectivity index (χ0v) is 8.50. The summed E-state index contributed by atoms with van der Waals surface area (Å²) < 4.78 is 1.39. The van der Waals surface area contributed by atoms with Crippen molar-refractivity contribution in [2.24, 2.45) is 0 Å². The number of aromatic nitrogens is 2. The summed E-state index contributed by atoms with van der Waals surface area (Å²) in [7, 11) is 0. The Morgan fingerprint density at radius 3 is 3.07 bits per heavy atom. The van der Waals surface area contributed by atoms with Crippen molar-refractivity contribution in [2.75, 3.05) is 6.61 Å². The van der Waals surface area contributed by atoms with Gasteiger partial charge in [-0.25, -0.2) is 4.79 Å². The quantitative estimate of drug-likeness (QED) is 0.757. The highest BCUT2D eigenvalue weighted by atomic mass is 16.4. The van der Waals surface area contributed by atoms with Crippen LogP contribution in [0.15, 0.2) is 18.5 Å². The van der Waals surface area contributed by atoms with E-state index >= 15 is 0 Å². The van der Waals surface area contributed by atoms with Crippen molar-refractivity contribution in [2.45, 2.75) is 19.4 Å². The van der Waals surface area contributed by atoms with E-state index in [0.29, 0.717) is 6.42 Å². The Morgan fingerprint density at radius 2 is 2.47 bits per heavy atom. The summed E-state index contributed by atoms with van der Waals surface area (Å²) in [6, 6.07) is -0.662. The van der Waals surface area contributed by atoms with Gasteiger partial charge >= 0.3 is 5.97 Å². The maximum atomic E-state index is 10.7. The van der Waals surface area contributed by atoms with E-state index in [4.69, 9.17) is 10.2 Å². The highest BCUT2D eigenvalue weighted by Crippen LogP contribution is 2.08. The number of carboxylic acid groups (broad SMARTS) is 1. The Bertz CT molecular complexity index is 357. The number of carboxylic acids is 1. The van der Waals surface area contributed by atoms with E-state index in [1.165, 1.54) is 4.68 Å². The Hall–Kier alpha value is -1.62. The molecule has 5 heteroatoms. The minimum Gasteiger partial charge on any atom is -0.480 e. The molecule has 0 saturated carbocycles. The van der Waals surface area contributed by atoms with Crippen molar-refractivity contribution >= 4 is 12.0 Å². The van der Waals surface area contributed by atoms with Gasteiger partial charge in [0, 0.05) is 18.4 Å². The first kappa shape index (κ1) is 11.5. The molecule has 15 heavy (non-hydrogen) atoms. The Balaban J connectivity index is 2.67. The average molecular weight is 210 g/mol. The normalized spacial score (nSPS) is 13.2. The maximum absolute atomic E-state index is 10.7. The molecule has 1 heterocycles. The van der Waals surface area contributed by atoms with Crippen LogP contribution in [0.25, 0.3) is 6.08 Å². The minimum atomic E-state index is -0.913. The standard InChI is InChI=1S/C10H14N2O3/c1-8(10(14)15)12-7-9(6-11-12)4-2-3-5-13/h2,4,6-8,13H,3,5H2,1H3,(H,14,15)/t8-/m0/s1. The van der Waals surface area contributed by atoms with Crippen molar-refractivity contribution in [3.63, 3.8) is 0 Å². The Kier molecular flexibility index (Phi) is 4.05. The first-order valence-electron chi connectivity index (χ1n) is 4.69. The molecule has 1 aromatic rings. The van der Waals surface area contributed by atoms with Gasteiger partial charge < -0.3 is 10.2 Å². The van der Waals surface area contributed by atoms with Crippen molar-refractivity contribution in [3.8, 4) is 0 Å². The molecule has 1 atom stereocenters. The summed E-state index contributed by atoms with van der Waals surface area (Å²) in [6.45, 7) is 1.67. The van der Waals surface area contributed by atoms with Crippen molar-refractivity contribution < 1.29 is 15.0 Å². The summed E-state index contributed by atoms with van der Waals surface area (Å²) in [5.41, 5.74) is 0.830. The zero-order valence-electron chi connectivity index (χ0n) is 8.50. The van der Waals surface area contributed by atoms with Crippen LogP contribution in [0, 0.1) is 0 Å². The van der Waals surface area contributed by atoms with E-state index in [9.17, 15) is 4.79 Å². The molecule has 0 aliphatic carbocycles. The number of aliphatic carboxylic acids is 1. The number of nitrogens with zero attached hydrogens (tertiary/aromatic N) is 2. The van der Waals surface area contributed by atoms with Gasteiger partial charge in [-0.05, 0) is 13.3 Å². The van der Waals surface area contributed by atoms with Gasteiger partial charge in [0.1, 0.15) is 6.04 Å². The molecule has 0 amide bonds. The molecule has 1 aromatic heterocycles. The molecule has 0 aliphatic rings. The number of carbonyl (C=O) groups is 1. The lowest BCUT2D eigenvalue weighted by atomic mass is 10.3. The highest BCUT2D eigenvalue weighted by Gasteiger charge is 2.13. The zero-order chi connectivity index (χ0) is 11.3. The second-order valence-corrected chi connectivity index (χ2v) is 3.18. The number of aliphatic hydroxyl groups excluding tert-OH is 1. The first-order chi connectivity index (χ1) is 7.15. The fourth-order valence-corrected chi connectivity index (χ4v) is 1.06. The third-order valence-corrected chi connectivity index (χ3v) is 1.98. The van der Waals surface area contributed by atoms with Crippen LogP contribution in [0.3, 0.4) is 0 Å².